The number of carbonyl (C=O) groups excluding carboxylic acids is 3. The number of rotatable bonds is 12. The van der Waals surface area contributed by atoms with Gasteiger partial charge in [-0.05, 0) is 101 Å². The molecule has 2 aromatic carbocycles. The van der Waals surface area contributed by atoms with Gasteiger partial charge in [0, 0.05) is 44.3 Å². The summed E-state index contributed by atoms with van der Waals surface area (Å²) >= 11 is 6.14. The van der Waals surface area contributed by atoms with E-state index in [1.807, 2.05) is 80.3 Å². The van der Waals surface area contributed by atoms with Crippen LogP contribution in [0.25, 0.3) is 0 Å². The second-order valence-corrected chi connectivity index (χ2v) is 16.0. The molecule has 2 saturated heterocycles. The number of ether oxygens (including phenoxy) is 2. The summed E-state index contributed by atoms with van der Waals surface area (Å²) < 4.78 is 11.1. The topological polar surface area (TPSA) is 103 Å². The van der Waals surface area contributed by atoms with Crippen molar-refractivity contribution in [1.82, 2.24) is 25.3 Å². The fourth-order valence-corrected chi connectivity index (χ4v) is 7.75. The first-order chi connectivity index (χ1) is 24.5. The maximum absolute atomic E-state index is 13.9. The van der Waals surface area contributed by atoms with Crippen molar-refractivity contribution in [2.45, 2.75) is 96.4 Å². The summed E-state index contributed by atoms with van der Waals surface area (Å²) in [6.07, 6.45) is 7.38. The molecular formula is C40H58ClN5O5. The van der Waals surface area contributed by atoms with E-state index in [1.165, 1.54) is 6.42 Å². The van der Waals surface area contributed by atoms with Crippen LogP contribution in [0.3, 0.4) is 0 Å². The van der Waals surface area contributed by atoms with E-state index in [9.17, 15) is 14.4 Å². The van der Waals surface area contributed by atoms with E-state index in [-0.39, 0.29) is 24.5 Å². The van der Waals surface area contributed by atoms with Crippen LogP contribution < -0.4 is 10.6 Å². The second-order valence-electron chi connectivity index (χ2n) is 15.5. The van der Waals surface area contributed by atoms with E-state index < -0.39 is 23.8 Å². The Kier molecular flexibility index (Phi) is 14.4. The van der Waals surface area contributed by atoms with Gasteiger partial charge in [0.05, 0.1) is 6.04 Å². The number of nitrogens with zero attached hydrogens (tertiary/aromatic N) is 3. The summed E-state index contributed by atoms with van der Waals surface area (Å²) in [6, 6.07) is 16.6. The zero-order chi connectivity index (χ0) is 36.2. The highest BCUT2D eigenvalue weighted by molar-refractivity contribution is 6.30. The first kappa shape index (κ1) is 38.9. The fourth-order valence-electron chi connectivity index (χ4n) is 7.62. The van der Waals surface area contributed by atoms with Gasteiger partial charge in [-0.3, -0.25) is 9.69 Å². The van der Waals surface area contributed by atoms with Crippen molar-refractivity contribution in [3.63, 3.8) is 0 Å². The molecule has 1 aliphatic carbocycles. The van der Waals surface area contributed by atoms with Crippen LogP contribution in [-0.2, 0) is 20.9 Å². The minimum Gasteiger partial charge on any atom is -0.445 e. The minimum absolute atomic E-state index is 0.0320. The molecule has 1 saturated carbocycles. The van der Waals surface area contributed by atoms with Gasteiger partial charge in [-0.15, -0.1) is 0 Å². The highest BCUT2D eigenvalue weighted by Gasteiger charge is 2.36. The monoisotopic (exact) mass is 723 g/mol. The van der Waals surface area contributed by atoms with Gasteiger partial charge >= 0.3 is 12.2 Å². The molecule has 0 radical (unpaired) electrons. The Morgan fingerprint density at radius 3 is 2.12 bits per heavy atom. The third kappa shape index (κ3) is 12.7. The Morgan fingerprint density at radius 1 is 0.804 bits per heavy atom. The molecule has 2 heterocycles. The molecule has 11 heteroatoms. The summed E-state index contributed by atoms with van der Waals surface area (Å²) in [4.78, 5) is 46.3. The molecule has 2 aliphatic heterocycles. The quantitative estimate of drug-likeness (QED) is 0.243. The van der Waals surface area contributed by atoms with Gasteiger partial charge in [0.1, 0.15) is 18.2 Å². The molecule has 0 spiro atoms. The Morgan fingerprint density at radius 2 is 1.47 bits per heavy atom. The van der Waals surface area contributed by atoms with E-state index in [0.29, 0.717) is 24.0 Å². The summed E-state index contributed by atoms with van der Waals surface area (Å²) in [6.45, 7) is 12.8. The van der Waals surface area contributed by atoms with Crippen LogP contribution in [0.1, 0.15) is 89.3 Å². The summed E-state index contributed by atoms with van der Waals surface area (Å²) in [5.41, 5.74) is 1.37. The van der Waals surface area contributed by atoms with Crippen molar-refractivity contribution >= 4 is 29.7 Å². The fraction of sp³-hybridized carbons (Fsp3) is 0.625. The Labute approximate surface area is 309 Å². The molecule has 0 unspecified atom stereocenters. The standard InChI is InChI=1S/C40H58ClN5O5/c1-40(2,3)51-39(49)42-35(32-14-16-34(41)17-15-32)20-23-44-21-18-30(19-22-44)28-45-24-26-46(27-25-45)37(47)36(33-12-8-5-9-13-33)43-38(48)50-29-31-10-6-4-7-11-31/h4,6-7,10-11,14-17,30,33,35-36H,5,8-9,12-13,18-29H2,1-3H3,(H,42,49)(H,43,48)/t35-,36+/m0/s1. The normalized spacial score (nSPS) is 19.6. The number of amides is 3. The third-order valence-corrected chi connectivity index (χ3v) is 10.7. The second kappa shape index (κ2) is 18.9. The lowest BCUT2D eigenvalue weighted by Crippen LogP contribution is -2.57. The number of benzene rings is 2. The van der Waals surface area contributed by atoms with E-state index in [0.717, 1.165) is 95.3 Å². The Bertz CT molecular complexity index is 1380. The average molecular weight is 724 g/mol. The van der Waals surface area contributed by atoms with E-state index in [2.05, 4.69) is 20.4 Å². The van der Waals surface area contributed by atoms with Crippen molar-refractivity contribution in [3.8, 4) is 0 Å². The molecule has 0 bridgehead atoms. The van der Waals surface area contributed by atoms with Crippen LogP contribution in [0, 0.1) is 11.8 Å². The molecule has 3 fully saturated rings. The van der Waals surface area contributed by atoms with Gasteiger partial charge in [0.25, 0.3) is 0 Å². The zero-order valence-corrected chi connectivity index (χ0v) is 31.5. The summed E-state index contributed by atoms with van der Waals surface area (Å²) in [5.74, 6) is 0.796. The molecule has 2 atom stereocenters. The smallest absolute Gasteiger partial charge is 0.408 e. The van der Waals surface area contributed by atoms with Crippen LogP contribution in [0.4, 0.5) is 9.59 Å². The minimum atomic E-state index is -0.564. The average Bonchev–Trinajstić information content (AvgIpc) is 3.12. The van der Waals surface area contributed by atoms with Crippen molar-refractivity contribution < 1.29 is 23.9 Å². The first-order valence-electron chi connectivity index (χ1n) is 19.0. The number of likely N-dealkylation sites (tertiary alicyclic amines) is 1. The van der Waals surface area contributed by atoms with Crippen molar-refractivity contribution in [2.24, 2.45) is 11.8 Å². The molecular weight excluding hydrogens is 666 g/mol. The first-order valence-corrected chi connectivity index (χ1v) is 19.4. The Hall–Kier alpha value is -3.34. The highest BCUT2D eigenvalue weighted by Crippen LogP contribution is 2.29. The lowest BCUT2D eigenvalue weighted by atomic mass is 9.83. The maximum atomic E-state index is 13.9. The molecule has 0 aromatic heterocycles. The molecule has 280 valence electrons. The van der Waals surface area contributed by atoms with Crippen LogP contribution in [-0.4, -0.2) is 96.8 Å². The van der Waals surface area contributed by atoms with Crippen LogP contribution in [0.2, 0.25) is 5.02 Å². The number of piperidine rings is 1. The van der Waals surface area contributed by atoms with Gasteiger partial charge in [0.2, 0.25) is 5.91 Å². The predicted octanol–water partition coefficient (Wildman–Crippen LogP) is 7.03. The van der Waals surface area contributed by atoms with Gasteiger partial charge in [-0.25, -0.2) is 9.59 Å². The van der Waals surface area contributed by atoms with E-state index in [4.69, 9.17) is 21.1 Å². The molecule has 2 N–H and O–H groups in total. The number of halogens is 1. The van der Waals surface area contributed by atoms with E-state index >= 15 is 0 Å². The molecule has 2 aromatic rings. The number of piperazine rings is 1. The lowest BCUT2D eigenvalue weighted by Gasteiger charge is -2.41. The number of nitrogens with one attached hydrogen (secondary N) is 2. The SMILES string of the molecule is CC(C)(C)OC(=O)N[C@@H](CCN1CCC(CN2CCN(C(=O)[C@H](NC(=O)OCc3ccccc3)C3CCCCC3)CC2)CC1)c1ccc(Cl)cc1. The van der Waals surface area contributed by atoms with Crippen LogP contribution in [0.5, 0.6) is 0 Å². The lowest BCUT2D eigenvalue weighted by molar-refractivity contribution is -0.137. The maximum Gasteiger partial charge on any atom is 0.408 e. The van der Waals surface area contributed by atoms with Gasteiger partial charge in [-0.2, -0.15) is 0 Å². The number of carbonyl (C=O) groups is 3. The van der Waals surface area contributed by atoms with E-state index in [1.54, 1.807) is 0 Å². The summed E-state index contributed by atoms with van der Waals surface area (Å²) in [7, 11) is 0. The molecule has 3 aliphatic rings. The molecule has 3 amide bonds. The number of hydrogen-bond donors (Lipinski definition) is 2. The van der Waals surface area contributed by atoms with Gasteiger partial charge < -0.3 is 29.9 Å². The third-order valence-electron chi connectivity index (χ3n) is 10.5. The number of alkyl carbamates (subject to hydrolysis) is 2. The van der Waals surface area contributed by atoms with Crippen LogP contribution >= 0.6 is 11.6 Å². The van der Waals surface area contributed by atoms with Gasteiger partial charge in [0.15, 0.2) is 0 Å². The molecule has 10 nitrogen and oxygen atoms in total. The Balaban J connectivity index is 1.05. The molecule has 51 heavy (non-hydrogen) atoms. The largest absolute Gasteiger partial charge is 0.445 e. The van der Waals surface area contributed by atoms with Crippen molar-refractivity contribution in [3.05, 3.63) is 70.7 Å². The molecule has 5 rings (SSSR count). The predicted molar refractivity (Wildman–Crippen MR) is 200 cm³/mol. The van der Waals surface area contributed by atoms with Crippen molar-refractivity contribution in [2.75, 3.05) is 52.4 Å². The van der Waals surface area contributed by atoms with Crippen LogP contribution in [0.15, 0.2) is 54.6 Å². The zero-order valence-electron chi connectivity index (χ0n) is 30.8. The van der Waals surface area contributed by atoms with Crippen molar-refractivity contribution in [1.29, 1.82) is 0 Å². The highest BCUT2D eigenvalue weighted by atomic mass is 35.5. The van der Waals surface area contributed by atoms with Gasteiger partial charge in [-0.1, -0.05) is 73.3 Å². The summed E-state index contributed by atoms with van der Waals surface area (Å²) in [5, 5.41) is 6.72. The number of hydrogen-bond acceptors (Lipinski definition) is 7.